The quantitative estimate of drug-likeness (QED) is 0.381. The Labute approximate surface area is 130 Å². The van der Waals surface area contributed by atoms with E-state index in [1.165, 1.54) is 10.9 Å². The normalized spacial score (nSPS) is 29.2. The van der Waals surface area contributed by atoms with Crippen molar-refractivity contribution in [2.45, 2.75) is 24.5 Å². The van der Waals surface area contributed by atoms with Gasteiger partial charge in [-0.05, 0) is 0 Å². The molecule has 2 aromatic rings. The van der Waals surface area contributed by atoms with E-state index in [1.54, 1.807) is 0 Å². The van der Waals surface area contributed by atoms with Crippen molar-refractivity contribution in [2.24, 2.45) is 5.14 Å². The number of H-pyrrole nitrogens is 1. The second-order valence-corrected chi connectivity index (χ2v) is 5.62. The van der Waals surface area contributed by atoms with Crippen LogP contribution in [0.1, 0.15) is 6.23 Å². The van der Waals surface area contributed by atoms with Gasteiger partial charge in [0, 0.05) is 0 Å². The molecular weight excluding hydrogens is 332 g/mol. The summed E-state index contributed by atoms with van der Waals surface area (Å²) in [4.78, 5) is 21.9. The fourth-order valence-corrected chi connectivity index (χ4v) is 2.63. The van der Waals surface area contributed by atoms with Crippen molar-refractivity contribution in [2.75, 3.05) is 12.3 Å². The number of aromatic nitrogens is 4. The Morgan fingerprint density at radius 2 is 2.22 bits per heavy atom. The van der Waals surface area contributed by atoms with E-state index in [1.807, 2.05) is 0 Å². The third kappa shape index (κ3) is 2.85. The molecule has 5 atom stereocenters. The number of anilines is 1. The molecule has 1 unspecified atom stereocenters. The maximum absolute atomic E-state index is 11.7. The van der Waals surface area contributed by atoms with Crippen molar-refractivity contribution in [3.63, 3.8) is 0 Å². The van der Waals surface area contributed by atoms with Crippen LogP contribution in [0.5, 0.6) is 0 Å². The van der Waals surface area contributed by atoms with Gasteiger partial charge < -0.3 is 20.7 Å². The van der Waals surface area contributed by atoms with E-state index in [0.717, 1.165) is 0 Å². The van der Waals surface area contributed by atoms with E-state index in [2.05, 4.69) is 19.1 Å². The van der Waals surface area contributed by atoms with Gasteiger partial charge >= 0.3 is 0 Å². The van der Waals surface area contributed by atoms with Crippen molar-refractivity contribution < 1.29 is 23.3 Å². The number of ether oxygens (including phenoxy) is 1. The summed E-state index contributed by atoms with van der Waals surface area (Å²) in [5.74, 6) is -0.129. The number of aliphatic hydroxyl groups is 2. The molecule has 1 saturated heterocycles. The highest BCUT2D eigenvalue weighted by Crippen LogP contribution is 2.31. The monoisotopic (exact) mass is 346 g/mol. The van der Waals surface area contributed by atoms with Gasteiger partial charge in [0.05, 0.1) is 12.9 Å². The minimum atomic E-state index is -2.03. The van der Waals surface area contributed by atoms with Crippen LogP contribution in [0.4, 0.5) is 5.95 Å². The lowest BCUT2D eigenvalue weighted by Crippen LogP contribution is -2.34. The van der Waals surface area contributed by atoms with E-state index < -0.39 is 41.4 Å². The topological polar surface area (TPSA) is 192 Å². The van der Waals surface area contributed by atoms with Crippen molar-refractivity contribution in [1.82, 2.24) is 19.5 Å². The molecule has 23 heavy (non-hydrogen) atoms. The van der Waals surface area contributed by atoms with E-state index in [0.29, 0.717) is 0 Å². The van der Waals surface area contributed by atoms with E-state index in [9.17, 15) is 19.2 Å². The molecule has 12 nitrogen and oxygen atoms in total. The first-order valence-corrected chi connectivity index (χ1v) is 7.55. The molecule has 0 aromatic carbocycles. The third-order valence-corrected chi connectivity index (χ3v) is 3.78. The van der Waals surface area contributed by atoms with Crippen LogP contribution in [0.3, 0.4) is 0 Å². The minimum Gasteiger partial charge on any atom is -0.387 e. The maximum atomic E-state index is 11.7. The minimum absolute atomic E-state index is 0.00671. The van der Waals surface area contributed by atoms with Crippen LogP contribution in [0.15, 0.2) is 11.1 Å². The van der Waals surface area contributed by atoms with Crippen LogP contribution in [-0.4, -0.2) is 58.9 Å². The Hall–Kier alpha value is -1.90. The molecule has 0 spiro atoms. The first-order chi connectivity index (χ1) is 10.9. The molecule has 1 aliphatic heterocycles. The second-order valence-electron chi connectivity index (χ2n) is 4.87. The largest absolute Gasteiger partial charge is 0.387 e. The molecule has 3 heterocycles. The van der Waals surface area contributed by atoms with Gasteiger partial charge in [-0.3, -0.25) is 18.5 Å². The number of nitrogens with two attached hydrogens (primary N) is 2. The molecule has 3 rings (SSSR count). The molecule has 0 bridgehead atoms. The number of imidazole rings is 1. The van der Waals surface area contributed by atoms with Crippen molar-refractivity contribution >= 4 is 28.4 Å². The summed E-state index contributed by atoms with van der Waals surface area (Å²) in [5.41, 5.74) is 5.05. The summed E-state index contributed by atoms with van der Waals surface area (Å²) in [6, 6.07) is 0. The highest BCUT2D eigenvalue weighted by molar-refractivity contribution is 7.77. The van der Waals surface area contributed by atoms with Gasteiger partial charge in [0.1, 0.15) is 18.3 Å². The van der Waals surface area contributed by atoms with E-state index >= 15 is 0 Å². The average molecular weight is 346 g/mol. The zero-order valence-corrected chi connectivity index (χ0v) is 12.3. The molecule has 7 N–H and O–H groups in total. The fraction of sp³-hybridized carbons (Fsp3) is 0.500. The number of hydrogen-bond acceptors (Lipinski definition) is 9. The van der Waals surface area contributed by atoms with Crippen molar-refractivity contribution in [3.05, 3.63) is 16.7 Å². The maximum Gasteiger partial charge on any atom is 0.280 e. The summed E-state index contributed by atoms with van der Waals surface area (Å²) in [6.07, 6.45) is -3.49. The number of hydrogen-bond donors (Lipinski definition) is 5. The van der Waals surface area contributed by atoms with Gasteiger partial charge in [-0.2, -0.15) is 4.98 Å². The number of rotatable bonds is 4. The van der Waals surface area contributed by atoms with Crippen molar-refractivity contribution in [3.8, 4) is 0 Å². The van der Waals surface area contributed by atoms with Crippen LogP contribution in [0.25, 0.3) is 11.2 Å². The van der Waals surface area contributed by atoms with Gasteiger partial charge in [0.2, 0.25) is 17.2 Å². The summed E-state index contributed by atoms with van der Waals surface area (Å²) in [6.45, 7) is -0.291. The fourth-order valence-electron chi connectivity index (χ4n) is 2.36. The van der Waals surface area contributed by atoms with Crippen LogP contribution in [0.2, 0.25) is 0 Å². The number of nitrogen functional groups attached to an aromatic ring is 1. The number of aliphatic hydroxyl groups excluding tert-OH is 2. The number of aromatic amines is 1. The summed E-state index contributed by atoms with van der Waals surface area (Å²) >= 11 is -2.03. The van der Waals surface area contributed by atoms with Gasteiger partial charge in [-0.25, -0.2) is 14.3 Å². The molecule has 126 valence electrons. The highest BCUT2D eigenvalue weighted by atomic mass is 32.2. The van der Waals surface area contributed by atoms with Gasteiger partial charge in [0.25, 0.3) is 5.56 Å². The predicted octanol–water partition coefficient (Wildman–Crippen LogP) is -3.12. The Balaban J connectivity index is 1.93. The Morgan fingerprint density at radius 1 is 1.48 bits per heavy atom. The predicted molar refractivity (Wildman–Crippen MR) is 76.8 cm³/mol. The molecule has 1 aliphatic rings. The molecule has 0 saturated carbocycles. The lowest BCUT2D eigenvalue weighted by Gasteiger charge is -2.16. The van der Waals surface area contributed by atoms with Gasteiger partial charge in [0.15, 0.2) is 17.4 Å². The molecule has 0 amide bonds. The smallest absolute Gasteiger partial charge is 0.280 e. The highest BCUT2D eigenvalue weighted by Gasteiger charge is 2.44. The summed E-state index contributed by atoms with van der Waals surface area (Å²) in [5, 5.41) is 25.1. The molecular formula is C10H14N6O6S. The van der Waals surface area contributed by atoms with Crippen LogP contribution in [0, 0.1) is 0 Å². The van der Waals surface area contributed by atoms with Crippen molar-refractivity contribution in [1.29, 1.82) is 0 Å². The zero-order chi connectivity index (χ0) is 16.7. The third-order valence-electron chi connectivity index (χ3n) is 3.41. The molecule has 0 radical (unpaired) electrons. The summed E-state index contributed by atoms with van der Waals surface area (Å²) in [7, 11) is 0. The number of nitrogens with zero attached hydrogens (tertiary/aromatic N) is 3. The van der Waals surface area contributed by atoms with Gasteiger partial charge in [-0.15, -0.1) is 0 Å². The zero-order valence-electron chi connectivity index (χ0n) is 11.5. The average Bonchev–Trinajstić information content (AvgIpc) is 3.00. The molecule has 0 aliphatic carbocycles. The van der Waals surface area contributed by atoms with Crippen LogP contribution >= 0.6 is 0 Å². The van der Waals surface area contributed by atoms with Crippen LogP contribution < -0.4 is 16.4 Å². The molecule has 1 fully saturated rings. The first-order valence-electron chi connectivity index (χ1n) is 6.42. The lowest BCUT2D eigenvalue weighted by atomic mass is 10.1. The lowest BCUT2D eigenvalue weighted by molar-refractivity contribution is -0.0460. The van der Waals surface area contributed by atoms with E-state index in [4.69, 9.17) is 15.6 Å². The van der Waals surface area contributed by atoms with Crippen LogP contribution in [-0.2, 0) is 20.2 Å². The van der Waals surface area contributed by atoms with Gasteiger partial charge in [-0.1, -0.05) is 0 Å². The molecule has 2 aromatic heterocycles. The summed E-state index contributed by atoms with van der Waals surface area (Å²) < 4.78 is 22.2. The Kier molecular flexibility index (Phi) is 4.13. The first kappa shape index (κ1) is 16.0. The molecule has 13 heteroatoms. The van der Waals surface area contributed by atoms with E-state index in [-0.39, 0.29) is 23.7 Å². The SMILES string of the molecule is Nc1nc2c(ncn2[C@@H]2O[C@H](COS(N)=O)[C@@H](O)[C@H]2O)c(=O)[nH]1. The standard InChI is InChI=1S/C10H14N6O6S/c11-10-14-7-4(8(19)15-10)13-2-16(7)9-6(18)5(17)3(22-9)1-21-23(12)20/h2-3,5-6,9,17-18H,1,12H2,(H3,11,14,15,19)/t3-,5-,6-,9-,23?/m1/s1. The second kappa shape index (κ2) is 5.95. The number of fused-ring (bicyclic) bond motifs is 1. The number of nitrogens with one attached hydrogen (secondary N) is 1. The Morgan fingerprint density at radius 3 is 2.91 bits per heavy atom. The Bertz CT molecular complexity index is 807.